The average molecular weight is 892 g/mol. The number of primary amides is 2. The van der Waals surface area contributed by atoms with Crippen LogP contribution in [0.2, 0.25) is 0 Å². The number of amides is 7. The zero-order valence-corrected chi connectivity index (χ0v) is 37.9. The molecule has 0 heterocycles. The quantitative estimate of drug-likeness (QED) is 0.0447. The van der Waals surface area contributed by atoms with Gasteiger partial charge in [0.05, 0.1) is 12.5 Å². The molecule has 0 aliphatic rings. The number of nitrogens with one attached hydrogen (secondary N) is 5. The number of nitrogens with two attached hydrogens (primary N) is 2. The average Bonchev–Trinajstić information content (AvgIpc) is 3.20. The van der Waals surface area contributed by atoms with Crippen LogP contribution in [0.5, 0.6) is 0 Å². The van der Waals surface area contributed by atoms with E-state index in [9.17, 15) is 48.6 Å². The lowest BCUT2D eigenvalue weighted by Gasteiger charge is -2.26. The molecule has 0 aliphatic carbocycles. The number of benzene rings is 1. The Labute approximate surface area is 371 Å². The highest BCUT2D eigenvalue weighted by atomic mass is 32.2. The van der Waals surface area contributed by atoms with Gasteiger partial charge in [-0.05, 0) is 56.1 Å². The highest BCUT2D eigenvalue weighted by Gasteiger charge is 2.32. The Kier molecular flexibility index (Phi) is 28.6. The first kappa shape index (κ1) is 55.3. The van der Waals surface area contributed by atoms with Crippen molar-refractivity contribution in [2.24, 2.45) is 17.4 Å². The molecule has 0 saturated heterocycles. The van der Waals surface area contributed by atoms with Crippen LogP contribution < -0.4 is 38.1 Å². The second-order valence-electron chi connectivity index (χ2n) is 16.3. The summed E-state index contributed by atoms with van der Waals surface area (Å²) < 4.78 is 0. The van der Waals surface area contributed by atoms with Crippen LogP contribution in [-0.2, 0) is 44.8 Å². The number of hydrogen-bond acceptors (Lipinski definition) is 10. The van der Waals surface area contributed by atoms with Gasteiger partial charge in [0.1, 0.15) is 30.2 Å². The number of rotatable bonds is 35. The number of unbranched alkanes of at least 4 members (excludes halogenated alkanes) is 11. The third-order valence-corrected chi connectivity index (χ3v) is 10.8. The first-order chi connectivity index (χ1) is 29.4. The maximum absolute atomic E-state index is 13.3. The van der Waals surface area contributed by atoms with E-state index < -0.39 is 84.1 Å². The largest absolute Gasteiger partial charge is 0.480 e. The summed E-state index contributed by atoms with van der Waals surface area (Å²) >= 11 is 1.44. The van der Waals surface area contributed by atoms with Crippen molar-refractivity contribution in [2.45, 2.75) is 173 Å². The molecule has 350 valence electrons. The molecule has 0 saturated carbocycles. The lowest BCUT2D eigenvalue weighted by Crippen LogP contribution is -2.59. The van der Waals surface area contributed by atoms with E-state index in [1.165, 1.54) is 18.7 Å². The lowest BCUT2D eigenvalue weighted by molar-refractivity contribution is -0.142. The van der Waals surface area contributed by atoms with Crippen molar-refractivity contribution in [3.05, 3.63) is 35.9 Å². The van der Waals surface area contributed by atoms with Gasteiger partial charge in [-0.2, -0.15) is 11.8 Å². The van der Waals surface area contributed by atoms with Gasteiger partial charge in [-0.1, -0.05) is 108 Å². The summed E-state index contributed by atoms with van der Waals surface area (Å²) in [5, 5.41) is 32.6. The molecule has 1 aromatic carbocycles. The SMILES string of the molecule is CSCC[C@H](NC(=O)[C@H](CC(N)=O)NC(=O)CCCCCCCCCCCCCCC(=O)N[C@H](C(=O)N[C@@H](CC(C)C)C(=O)N[C@@H](Cc1ccccc1)C(N)=O)C(C)O)C(=O)O. The number of carboxylic acid groups (broad SMARTS) is 1. The molecule has 6 atom stereocenters. The molecular formula is C44H73N7O10S. The number of thioether (sulfide) groups is 1. The molecule has 0 spiro atoms. The lowest BCUT2D eigenvalue weighted by atomic mass is 10.0. The monoisotopic (exact) mass is 892 g/mol. The van der Waals surface area contributed by atoms with E-state index in [-0.39, 0.29) is 43.9 Å². The summed E-state index contributed by atoms with van der Waals surface area (Å²) in [4.78, 5) is 99.6. The molecule has 0 fully saturated rings. The first-order valence-electron chi connectivity index (χ1n) is 22.0. The zero-order valence-electron chi connectivity index (χ0n) is 37.1. The Bertz CT molecular complexity index is 1550. The summed E-state index contributed by atoms with van der Waals surface area (Å²) in [6.45, 7) is 5.15. The van der Waals surface area contributed by atoms with Gasteiger partial charge in [0, 0.05) is 19.3 Å². The highest BCUT2D eigenvalue weighted by Crippen LogP contribution is 2.14. The molecular weight excluding hydrogens is 819 g/mol. The zero-order chi connectivity index (χ0) is 46.5. The van der Waals surface area contributed by atoms with Gasteiger partial charge in [0.15, 0.2) is 0 Å². The van der Waals surface area contributed by atoms with Crippen LogP contribution in [0.4, 0.5) is 0 Å². The Morgan fingerprint density at radius 1 is 0.613 bits per heavy atom. The van der Waals surface area contributed by atoms with Crippen molar-refractivity contribution >= 4 is 59.1 Å². The molecule has 1 unspecified atom stereocenters. The van der Waals surface area contributed by atoms with Gasteiger partial charge in [-0.3, -0.25) is 33.6 Å². The Balaban J connectivity index is 2.33. The number of aliphatic hydroxyl groups excluding tert-OH is 1. The van der Waals surface area contributed by atoms with Gasteiger partial charge >= 0.3 is 5.97 Å². The number of carbonyl (C=O) groups excluding carboxylic acids is 7. The molecule has 62 heavy (non-hydrogen) atoms. The molecule has 0 bridgehead atoms. The molecule has 11 N–H and O–H groups in total. The van der Waals surface area contributed by atoms with Crippen LogP contribution in [0.1, 0.15) is 135 Å². The molecule has 0 aromatic heterocycles. The number of aliphatic carboxylic acids is 1. The first-order valence-corrected chi connectivity index (χ1v) is 23.4. The van der Waals surface area contributed by atoms with Crippen LogP contribution in [0, 0.1) is 5.92 Å². The third kappa shape index (κ3) is 25.3. The number of carboxylic acids is 1. The van der Waals surface area contributed by atoms with Gasteiger partial charge < -0.3 is 48.3 Å². The van der Waals surface area contributed by atoms with E-state index in [1.54, 1.807) is 0 Å². The van der Waals surface area contributed by atoms with Gasteiger partial charge in [-0.25, -0.2) is 4.79 Å². The van der Waals surface area contributed by atoms with Crippen molar-refractivity contribution in [1.29, 1.82) is 0 Å². The van der Waals surface area contributed by atoms with E-state index in [4.69, 9.17) is 11.5 Å². The smallest absolute Gasteiger partial charge is 0.326 e. The molecule has 18 heteroatoms. The van der Waals surface area contributed by atoms with Crippen molar-refractivity contribution in [3.63, 3.8) is 0 Å². The second-order valence-corrected chi connectivity index (χ2v) is 17.3. The fraction of sp³-hybridized carbons (Fsp3) is 0.682. The summed E-state index contributed by atoms with van der Waals surface area (Å²) in [5.74, 6) is -5.01. The maximum Gasteiger partial charge on any atom is 0.326 e. The van der Waals surface area contributed by atoms with Crippen molar-refractivity contribution in [3.8, 4) is 0 Å². The Morgan fingerprint density at radius 2 is 1.08 bits per heavy atom. The van der Waals surface area contributed by atoms with E-state index in [0.717, 1.165) is 69.8 Å². The number of carbonyl (C=O) groups is 8. The normalized spacial score (nSPS) is 14.0. The predicted octanol–water partition coefficient (Wildman–Crippen LogP) is 2.74. The molecule has 0 radical (unpaired) electrons. The van der Waals surface area contributed by atoms with Crippen molar-refractivity contribution < 1.29 is 48.6 Å². The minimum atomic E-state index is -1.27. The van der Waals surface area contributed by atoms with Crippen LogP contribution in [0.3, 0.4) is 0 Å². The predicted molar refractivity (Wildman–Crippen MR) is 239 cm³/mol. The van der Waals surface area contributed by atoms with Gasteiger partial charge in [0.2, 0.25) is 41.4 Å². The van der Waals surface area contributed by atoms with E-state index >= 15 is 0 Å². The van der Waals surface area contributed by atoms with Crippen LogP contribution in [-0.4, -0.2) is 106 Å². The number of hydrogen-bond donors (Lipinski definition) is 9. The summed E-state index contributed by atoms with van der Waals surface area (Å²) in [6, 6.07) is 3.42. The standard InChI is InChI=1S/C44H73N7O10S/c1-29(2)26-34(41(57)49-33(40(46)56)27-31-20-16-15-17-21-31)50-43(59)39(30(3)52)51-38(55)23-19-14-12-10-8-6-5-7-9-11-13-18-22-37(54)47-35(28-36(45)53)42(58)48-32(44(60)61)24-25-62-4/h15-17,20-21,29-30,32-35,39,52H,5-14,18-19,22-28H2,1-4H3,(H2,45,53)(H2,46,56)(H,47,54)(H,48,58)(H,49,57)(H,50,59)(H,51,55)(H,60,61)/t30?,32-,33-,34-,35-,39-/m0/s1. The number of aliphatic hydroxyl groups is 1. The molecule has 17 nitrogen and oxygen atoms in total. The molecule has 7 amide bonds. The summed E-state index contributed by atoms with van der Waals surface area (Å²) in [7, 11) is 0. The second kappa shape index (κ2) is 32.0. The van der Waals surface area contributed by atoms with Crippen molar-refractivity contribution in [2.75, 3.05) is 12.0 Å². The molecule has 1 aromatic rings. The topological polar surface area (TPSA) is 289 Å². The van der Waals surface area contributed by atoms with E-state index in [1.807, 2.05) is 50.4 Å². The van der Waals surface area contributed by atoms with Crippen LogP contribution in [0.25, 0.3) is 0 Å². The third-order valence-electron chi connectivity index (χ3n) is 10.2. The van der Waals surface area contributed by atoms with E-state index in [2.05, 4.69) is 26.6 Å². The van der Waals surface area contributed by atoms with Gasteiger partial charge in [-0.15, -0.1) is 0 Å². The highest BCUT2D eigenvalue weighted by molar-refractivity contribution is 7.98. The van der Waals surface area contributed by atoms with E-state index in [0.29, 0.717) is 18.6 Å². The minimum absolute atomic E-state index is 0.00203. The minimum Gasteiger partial charge on any atom is -0.480 e. The Hall–Kier alpha value is -4.71. The van der Waals surface area contributed by atoms with Crippen molar-refractivity contribution in [1.82, 2.24) is 26.6 Å². The summed E-state index contributed by atoms with van der Waals surface area (Å²) in [5.41, 5.74) is 11.6. The fourth-order valence-electron chi connectivity index (χ4n) is 6.74. The fourth-order valence-corrected chi connectivity index (χ4v) is 7.21. The van der Waals surface area contributed by atoms with Gasteiger partial charge in [0.25, 0.3) is 0 Å². The maximum atomic E-state index is 13.3. The Morgan fingerprint density at radius 3 is 1.53 bits per heavy atom. The summed E-state index contributed by atoms with van der Waals surface area (Å²) in [6.07, 6.45) is 12.3. The van der Waals surface area contributed by atoms with Crippen LogP contribution >= 0.6 is 11.8 Å². The molecule has 0 aliphatic heterocycles. The van der Waals surface area contributed by atoms with Crippen LogP contribution in [0.15, 0.2) is 30.3 Å². The molecule has 1 rings (SSSR count).